The molecule has 0 radical (unpaired) electrons. The summed E-state index contributed by atoms with van der Waals surface area (Å²) in [5.74, 6) is 0.620. The number of anilines is 1. The maximum absolute atomic E-state index is 12.1. The van der Waals surface area contributed by atoms with E-state index in [9.17, 15) is 9.59 Å². The maximum Gasteiger partial charge on any atom is 0.316 e. The third-order valence-electron chi connectivity index (χ3n) is 3.23. The Bertz CT molecular complexity index is 882. The number of esters is 1. The minimum absolute atomic E-state index is 0.144. The zero-order valence-corrected chi connectivity index (χ0v) is 17.7. The fourth-order valence-corrected chi connectivity index (χ4v) is 3.57. The van der Waals surface area contributed by atoms with Crippen LogP contribution in [0.5, 0.6) is 11.5 Å². The highest BCUT2D eigenvalue weighted by molar-refractivity contribution is 8.01. The maximum atomic E-state index is 12.1. The topological polar surface area (TPSA) is 99.6 Å². The molecule has 29 heavy (non-hydrogen) atoms. The molecule has 2 rings (SSSR count). The molecule has 1 heterocycles. The molecule has 0 bridgehead atoms. The van der Waals surface area contributed by atoms with Crippen LogP contribution in [0.2, 0.25) is 0 Å². The highest BCUT2D eigenvalue weighted by atomic mass is 32.2. The summed E-state index contributed by atoms with van der Waals surface area (Å²) in [6.45, 7) is 6.06. The Morgan fingerprint density at radius 2 is 2.14 bits per heavy atom. The first-order chi connectivity index (χ1) is 14.0. The number of aromatic nitrogens is 2. The van der Waals surface area contributed by atoms with E-state index in [4.69, 9.17) is 14.2 Å². The van der Waals surface area contributed by atoms with Crippen molar-refractivity contribution in [1.29, 1.82) is 0 Å². The lowest BCUT2D eigenvalue weighted by molar-refractivity contribution is -0.139. The molecule has 2 aromatic rings. The number of hydrogen-bond acceptors (Lipinski definition) is 9. The Labute approximate surface area is 177 Å². The lowest BCUT2D eigenvalue weighted by Crippen LogP contribution is -2.07. The van der Waals surface area contributed by atoms with Crippen LogP contribution in [-0.2, 0) is 14.3 Å². The molecule has 8 nitrogen and oxygen atoms in total. The summed E-state index contributed by atoms with van der Waals surface area (Å²) in [4.78, 5) is 23.5. The summed E-state index contributed by atoms with van der Waals surface area (Å²) < 4.78 is 16.2. The Kier molecular flexibility index (Phi) is 9.19. The average Bonchev–Trinajstić information content (AvgIpc) is 3.16. The van der Waals surface area contributed by atoms with Crippen molar-refractivity contribution >= 4 is 46.2 Å². The number of nitrogens with zero attached hydrogens (tertiary/aromatic N) is 2. The number of hydrogen-bond donors (Lipinski definition) is 1. The summed E-state index contributed by atoms with van der Waals surface area (Å²) >= 11 is 2.39. The average molecular weight is 436 g/mol. The van der Waals surface area contributed by atoms with Gasteiger partial charge in [-0.2, -0.15) is 0 Å². The number of ether oxygens (including phenoxy) is 3. The highest BCUT2D eigenvalue weighted by Gasteiger charge is 2.10. The number of carbonyl (C=O) groups is 2. The molecular weight excluding hydrogens is 414 g/mol. The molecule has 0 saturated carbocycles. The minimum Gasteiger partial charge on any atom is -0.493 e. The summed E-state index contributed by atoms with van der Waals surface area (Å²) in [5.41, 5.74) is 0.769. The van der Waals surface area contributed by atoms with Gasteiger partial charge in [-0.25, -0.2) is 0 Å². The normalized spacial score (nSPS) is 10.6. The van der Waals surface area contributed by atoms with Gasteiger partial charge >= 0.3 is 5.97 Å². The van der Waals surface area contributed by atoms with Crippen LogP contribution in [0.25, 0.3) is 6.08 Å². The fraction of sp³-hybridized carbons (Fsp3) is 0.263. The van der Waals surface area contributed by atoms with E-state index in [1.54, 1.807) is 44.4 Å². The lowest BCUT2D eigenvalue weighted by atomic mass is 10.2. The second kappa shape index (κ2) is 11.9. The highest BCUT2D eigenvalue weighted by Crippen LogP contribution is 2.29. The van der Waals surface area contributed by atoms with E-state index >= 15 is 0 Å². The third kappa shape index (κ3) is 7.59. The molecule has 0 aliphatic heterocycles. The summed E-state index contributed by atoms with van der Waals surface area (Å²) in [5, 5.41) is 10.8. The Morgan fingerprint density at radius 3 is 2.86 bits per heavy atom. The first-order valence-electron chi connectivity index (χ1n) is 8.58. The smallest absolute Gasteiger partial charge is 0.316 e. The molecule has 0 fully saturated rings. The zero-order valence-electron chi connectivity index (χ0n) is 16.0. The third-order valence-corrected chi connectivity index (χ3v) is 5.17. The van der Waals surface area contributed by atoms with Crippen molar-refractivity contribution < 1.29 is 23.8 Å². The molecule has 0 saturated heterocycles. The molecule has 0 aliphatic carbocycles. The number of methoxy groups -OCH3 is 1. The molecule has 154 valence electrons. The molecule has 0 spiro atoms. The van der Waals surface area contributed by atoms with E-state index in [0.29, 0.717) is 34.2 Å². The standard InChI is InChI=1S/C19H21N3O5S2/c1-4-10-27-14-8-6-13(11-15(14)25-3)7-9-16(23)20-18-21-22-19(29-18)28-12-17(24)26-5-2/h4,6-9,11H,1,5,10,12H2,2-3H3,(H,20,21,23)/b9-7+. The van der Waals surface area contributed by atoms with Crippen molar-refractivity contribution in [2.45, 2.75) is 11.3 Å². The predicted octanol–water partition coefficient (Wildman–Crippen LogP) is 3.42. The zero-order chi connectivity index (χ0) is 21.1. The van der Waals surface area contributed by atoms with Crippen LogP contribution < -0.4 is 14.8 Å². The van der Waals surface area contributed by atoms with Crippen molar-refractivity contribution in [3.05, 3.63) is 42.5 Å². The van der Waals surface area contributed by atoms with Crippen LogP contribution >= 0.6 is 23.1 Å². The molecule has 0 atom stereocenters. The van der Waals surface area contributed by atoms with Crippen molar-refractivity contribution in [3.63, 3.8) is 0 Å². The Balaban J connectivity index is 1.91. The van der Waals surface area contributed by atoms with Crippen molar-refractivity contribution in [2.24, 2.45) is 0 Å². The van der Waals surface area contributed by atoms with Crippen LogP contribution in [0.15, 0.2) is 41.3 Å². The predicted molar refractivity (Wildman–Crippen MR) is 114 cm³/mol. The van der Waals surface area contributed by atoms with Crippen molar-refractivity contribution in [2.75, 3.05) is 31.4 Å². The van der Waals surface area contributed by atoms with Crippen LogP contribution in [-0.4, -0.2) is 48.2 Å². The fourth-order valence-electron chi connectivity index (χ4n) is 2.02. The molecule has 1 aromatic carbocycles. The summed E-state index contributed by atoms with van der Waals surface area (Å²) in [6.07, 6.45) is 4.67. The summed E-state index contributed by atoms with van der Waals surface area (Å²) in [7, 11) is 1.54. The number of amides is 1. The van der Waals surface area contributed by atoms with Gasteiger partial charge in [-0.05, 0) is 30.7 Å². The van der Waals surface area contributed by atoms with E-state index in [2.05, 4.69) is 22.1 Å². The molecule has 1 N–H and O–H groups in total. The van der Waals surface area contributed by atoms with Crippen molar-refractivity contribution in [1.82, 2.24) is 10.2 Å². The minimum atomic E-state index is -0.353. The van der Waals surface area contributed by atoms with Gasteiger partial charge < -0.3 is 14.2 Å². The van der Waals surface area contributed by atoms with Gasteiger partial charge in [0.25, 0.3) is 0 Å². The van der Waals surface area contributed by atoms with Gasteiger partial charge in [0.2, 0.25) is 11.0 Å². The van der Waals surface area contributed by atoms with Gasteiger partial charge in [0.1, 0.15) is 6.61 Å². The van der Waals surface area contributed by atoms with E-state index in [1.165, 1.54) is 29.2 Å². The number of nitrogens with one attached hydrogen (secondary N) is 1. The molecule has 0 unspecified atom stereocenters. The Morgan fingerprint density at radius 1 is 1.31 bits per heavy atom. The Hall–Kier alpha value is -2.85. The molecule has 10 heteroatoms. The van der Waals surface area contributed by atoms with Gasteiger partial charge in [-0.1, -0.05) is 41.8 Å². The van der Waals surface area contributed by atoms with Crippen LogP contribution in [0.3, 0.4) is 0 Å². The second-order valence-corrected chi connectivity index (χ2v) is 7.50. The lowest BCUT2D eigenvalue weighted by Gasteiger charge is -2.09. The summed E-state index contributed by atoms with van der Waals surface area (Å²) in [6, 6.07) is 5.33. The van der Waals surface area contributed by atoms with Gasteiger partial charge in [-0.3, -0.25) is 14.9 Å². The van der Waals surface area contributed by atoms with Crippen molar-refractivity contribution in [3.8, 4) is 11.5 Å². The van der Waals surface area contributed by atoms with Crippen LogP contribution in [0, 0.1) is 0 Å². The molecule has 0 aliphatic rings. The monoisotopic (exact) mass is 435 g/mol. The first kappa shape index (κ1) is 22.4. The number of carbonyl (C=O) groups excluding carboxylic acids is 2. The van der Waals surface area contributed by atoms with Crippen LogP contribution in [0.4, 0.5) is 5.13 Å². The van der Waals surface area contributed by atoms with E-state index in [0.717, 1.165) is 5.56 Å². The van der Waals surface area contributed by atoms with E-state index in [-0.39, 0.29) is 17.6 Å². The SMILES string of the molecule is C=CCOc1ccc(/C=C/C(=O)Nc2nnc(SCC(=O)OCC)s2)cc1OC. The van der Waals surface area contributed by atoms with E-state index < -0.39 is 0 Å². The molecule has 1 amide bonds. The van der Waals surface area contributed by atoms with Crippen LogP contribution in [0.1, 0.15) is 12.5 Å². The van der Waals surface area contributed by atoms with Gasteiger partial charge in [0, 0.05) is 6.08 Å². The number of benzene rings is 1. The number of thioether (sulfide) groups is 1. The quantitative estimate of drug-likeness (QED) is 0.188. The largest absolute Gasteiger partial charge is 0.493 e. The van der Waals surface area contributed by atoms with Gasteiger partial charge in [0.15, 0.2) is 15.8 Å². The molecular formula is C19H21N3O5S2. The van der Waals surface area contributed by atoms with Gasteiger partial charge in [0.05, 0.1) is 19.5 Å². The second-order valence-electron chi connectivity index (χ2n) is 5.30. The van der Waals surface area contributed by atoms with Gasteiger partial charge in [-0.15, -0.1) is 10.2 Å². The van der Waals surface area contributed by atoms with E-state index in [1.807, 2.05) is 0 Å². The first-order valence-corrected chi connectivity index (χ1v) is 10.4. The molecule has 1 aromatic heterocycles. The number of rotatable bonds is 11.